The van der Waals surface area contributed by atoms with Crippen LogP contribution in [0.2, 0.25) is 0 Å². The molecule has 2 aromatic carbocycles. The Bertz CT molecular complexity index is 1370. The molecule has 0 aliphatic carbocycles. The van der Waals surface area contributed by atoms with E-state index in [-0.39, 0.29) is 11.8 Å². The summed E-state index contributed by atoms with van der Waals surface area (Å²) in [6.45, 7) is 7.33. The van der Waals surface area contributed by atoms with E-state index in [1.54, 1.807) is 6.33 Å². The molecule has 0 atom stereocenters. The Kier molecular flexibility index (Phi) is 6.09. The van der Waals surface area contributed by atoms with Crippen molar-refractivity contribution in [3.05, 3.63) is 54.9 Å². The number of furan rings is 1. The molecular weight excluding hydrogens is 454 g/mol. The number of ether oxygens (including phenoxy) is 1. The molecule has 1 amide bonds. The quantitative estimate of drug-likeness (QED) is 0.416. The summed E-state index contributed by atoms with van der Waals surface area (Å²) in [4.78, 5) is 29.0. The maximum atomic E-state index is 13.4. The summed E-state index contributed by atoms with van der Waals surface area (Å²) in [5.74, 6) is 2.07. The van der Waals surface area contributed by atoms with Gasteiger partial charge >= 0.3 is 0 Å². The summed E-state index contributed by atoms with van der Waals surface area (Å²) in [5.41, 5.74) is 3.51. The van der Waals surface area contributed by atoms with Crippen molar-refractivity contribution < 1.29 is 13.9 Å². The smallest absolute Gasteiger partial charge is 0.225 e. The molecule has 6 rings (SSSR count). The molecule has 2 saturated heterocycles. The average molecular weight is 486 g/mol. The van der Waals surface area contributed by atoms with Crippen LogP contribution in [-0.4, -0.2) is 66.7 Å². The average Bonchev–Trinajstić information content (AvgIpc) is 3.32. The van der Waals surface area contributed by atoms with Crippen molar-refractivity contribution >= 4 is 39.5 Å². The number of para-hydroxylation sites is 3. The number of piperazine rings is 1. The minimum atomic E-state index is 0.0523. The van der Waals surface area contributed by atoms with Gasteiger partial charge in [0.15, 0.2) is 11.4 Å². The van der Waals surface area contributed by atoms with Gasteiger partial charge in [0.25, 0.3) is 0 Å². The molecule has 0 bridgehead atoms. The van der Waals surface area contributed by atoms with E-state index in [1.807, 2.05) is 54.3 Å². The minimum Gasteiger partial charge on any atom is -0.492 e. The number of benzene rings is 2. The van der Waals surface area contributed by atoms with Gasteiger partial charge in [0.1, 0.15) is 23.2 Å². The van der Waals surface area contributed by atoms with Gasteiger partial charge in [-0.15, -0.1) is 0 Å². The fourth-order valence-corrected chi connectivity index (χ4v) is 5.50. The maximum absolute atomic E-state index is 13.4. The summed E-state index contributed by atoms with van der Waals surface area (Å²) < 4.78 is 11.9. The number of hydrogen-bond acceptors (Lipinski definition) is 7. The monoisotopic (exact) mass is 485 g/mol. The van der Waals surface area contributed by atoms with Crippen molar-refractivity contribution in [1.82, 2.24) is 14.9 Å². The number of carbonyl (C=O) groups excluding carboxylic acids is 1. The fourth-order valence-electron chi connectivity index (χ4n) is 5.50. The molecule has 0 radical (unpaired) electrons. The number of fused-ring (bicyclic) bond motifs is 3. The van der Waals surface area contributed by atoms with E-state index in [0.29, 0.717) is 6.61 Å². The Balaban J connectivity index is 1.09. The van der Waals surface area contributed by atoms with Crippen LogP contribution in [0.5, 0.6) is 5.75 Å². The summed E-state index contributed by atoms with van der Waals surface area (Å²) in [5, 5.41) is 1.00. The van der Waals surface area contributed by atoms with E-state index in [1.165, 1.54) is 0 Å². The van der Waals surface area contributed by atoms with E-state index in [2.05, 4.69) is 25.8 Å². The zero-order valence-electron chi connectivity index (χ0n) is 20.6. The Morgan fingerprint density at radius 2 is 1.69 bits per heavy atom. The van der Waals surface area contributed by atoms with E-state index in [4.69, 9.17) is 9.15 Å². The summed E-state index contributed by atoms with van der Waals surface area (Å²) >= 11 is 0. The van der Waals surface area contributed by atoms with Gasteiger partial charge in [0.05, 0.1) is 12.3 Å². The van der Waals surface area contributed by atoms with Crippen LogP contribution in [0.25, 0.3) is 22.1 Å². The lowest BCUT2D eigenvalue weighted by Crippen LogP contribution is -2.51. The predicted molar refractivity (Wildman–Crippen MR) is 141 cm³/mol. The molecule has 4 aromatic rings. The molecule has 0 unspecified atom stereocenters. The molecule has 2 aromatic heterocycles. The van der Waals surface area contributed by atoms with Crippen molar-refractivity contribution in [3.63, 3.8) is 0 Å². The standard InChI is InChI=1S/C28H31N5O3/c1-2-35-24-10-6-4-8-22(24)31-15-17-33(18-16-31)28(34)20-11-13-32(14-12-20)27-26-25(29-19-30-27)21-7-3-5-9-23(21)36-26/h3-10,19-20H,2,11-18H2,1H3. The maximum Gasteiger partial charge on any atom is 0.225 e. The second kappa shape index (κ2) is 9.68. The highest BCUT2D eigenvalue weighted by Gasteiger charge is 2.32. The second-order valence-corrected chi connectivity index (χ2v) is 9.45. The van der Waals surface area contributed by atoms with Crippen LogP contribution in [0.3, 0.4) is 0 Å². The van der Waals surface area contributed by atoms with Gasteiger partial charge in [0.2, 0.25) is 5.91 Å². The predicted octanol–water partition coefficient (Wildman–Crippen LogP) is 4.34. The first-order valence-corrected chi connectivity index (χ1v) is 12.9. The van der Waals surface area contributed by atoms with Crippen LogP contribution < -0.4 is 14.5 Å². The third-order valence-corrected chi connectivity index (χ3v) is 7.38. The number of carbonyl (C=O) groups is 1. The molecule has 186 valence electrons. The van der Waals surface area contributed by atoms with Gasteiger partial charge < -0.3 is 23.9 Å². The molecular formula is C28H31N5O3. The topological polar surface area (TPSA) is 74.9 Å². The van der Waals surface area contributed by atoms with Gasteiger partial charge in [-0.25, -0.2) is 9.97 Å². The molecule has 36 heavy (non-hydrogen) atoms. The Morgan fingerprint density at radius 3 is 2.50 bits per heavy atom. The fraction of sp³-hybridized carbons (Fsp3) is 0.393. The second-order valence-electron chi connectivity index (χ2n) is 9.45. The molecule has 2 aliphatic heterocycles. The van der Waals surface area contributed by atoms with E-state index in [9.17, 15) is 4.79 Å². The highest BCUT2D eigenvalue weighted by molar-refractivity contribution is 6.05. The first-order chi connectivity index (χ1) is 17.7. The Hall–Kier alpha value is -3.81. The van der Waals surface area contributed by atoms with Crippen molar-refractivity contribution in [3.8, 4) is 5.75 Å². The molecule has 2 aliphatic rings. The normalized spacial score (nSPS) is 17.2. The number of anilines is 2. The Morgan fingerprint density at radius 1 is 0.944 bits per heavy atom. The van der Waals surface area contributed by atoms with Crippen LogP contribution in [0, 0.1) is 5.92 Å². The number of rotatable bonds is 5. The highest BCUT2D eigenvalue weighted by atomic mass is 16.5. The van der Waals surface area contributed by atoms with Gasteiger partial charge in [-0.3, -0.25) is 4.79 Å². The van der Waals surface area contributed by atoms with Crippen LogP contribution >= 0.6 is 0 Å². The zero-order chi connectivity index (χ0) is 24.5. The molecule has 0 N–H and O–H groups in total. The molecule has 0 saturated carbocycles. The molecule has 0 spiro atoms. The van der Waals surface area contributed by atoms with Gasteiger partial charge in [0, 0.05) is 50.6 Å². The van der Waals surface area contributed by atoms with Crippen molar-refractivity contribution in [2.45, 2.75) is 19.8 Å². The van der Waals surface area contributed by atoms with Crippen LogP contribution in [-0.2, 0) is 4.79 Å². The number of amides is 1. The number of nitrogens with zero attached hydrogens (tertiary/aromatic N) is 5. The van der Waals surface area contributed by atoms with Gasteiger partial charge in [-0.2, -0.15) is 0 Å². The first-order valence-electron chi connectivity index (χ1n) is 12.9. The van der Waals surface area contributed by atoms with Gasteiger partial charge in [-0.1, -0.05) is 24.3 Å². The number of piperidine rings is 1. The largest absolute Gasteiger partial charge is 0.492 e. The number of aromatic nitrogens is 2. The van der Waals surface area contributed by atoms with Crippen LogP contribution in [0.4, 0.5) is 11.5 Å². The Labute approximate surface area is 210 Å². The molecule has 2 fully saturated rings. The van der Waals surface area contributed by atoms with Crippen LogP contribution in [0.15, 0.2) is 59.3 Å². The minimum absolute atomic E-state index is 0.0523. The third kappa shape index (κ3) is 4.10. The van der Waals surface area contributed by atoms with E-state index >= 15 is 0 Å². The summed E-state index contributed by atoms with van der Waals surface area (Å²) in [6.07, 6.45) is 3.25. The van der Waals surface area contributed by atoms with Crippen molar-refractivity contribution in [1.29, 1.82) is 0 Å². The lowest BCUT2D eigenvalue weighted by molar-refractivity contribution is -0.136. The molecule has 8 nitrogen and oxygen atoms in total. The molecule has 8 heteroatoms. The summed E-state index contributed by atoms with van der Waals surface area (Å²) in [6, 6.07) is 16.1. The summed E-state index contributed by atoms with van der Waals surface area (Å²) in [7, 11) is 0. The first kappa shape index (κ1) is 22.6. The van der Waals surface area contributed by atoms with Crippen molar-refractivity contribution in [2.75, 3.05) is 55.7 Å². The lowest BCUT2D eigenvalue weighted by Gasteiger charge is -2.39. The third-order valence-electron chi connectivity index (χ3n) is 7.38. The SMILES string of the molecule is CCOc1ccccc1N1CCN(C(=O)C2CCN(c3ncnc4c3oc3ccccc34)CC2)CC1. The van der Waals surface area contributed by atoms with Crippen LogP contribution in [0.1, 0.15) is 19.8 Å². The number of hydrogen-bond donors (Lipinski definition) is 0. The highest BCUT2D eigenvalue weighted by Crippen LogP contribution is 2.34. The van der Waals surface area contributed by atoms with Crippen molar-refractivity contribution in [2.24, 2.45) is 5.92 Å². The van der Waals surface area contributed by atoms with E-state index in [0.717, 1.165) is 91.4 Å². The van der Waals surface area contributed by atoms with Gasteiger partial charge in [-0.05, 0) is 44.0 Å². The lowest BCUT2D eigenvalue weighted by atomic mass is 9.95. The van der Waals surface area contributed by atoms with E-state index < -0.39 is 0 Å². The molecule has 4 heterocycles. The zero-order valence-corrected chi connectivity index (χ0v) is 20.6.